The Hall–Kier alpha value is -0.0400. The molecule has 0 aromatic rings. The smallest absolute Gasteiger partial charge is 0.00362 e. The molecular weight excluding hydrogens is 158 g/mol. The van der Waals surface area contributed by atoms with Crippen LogP contribution in [-0.2, 0) is 0 Å². The van der Waals surface area contributed by atoms with Crippen molar-refractivity contribution >= 4 is 0 Å². The summed E-state index contributed by atoms with van der Waals surface area (Å²) in [4.78, 5) is 0. The van der Waals surface area contributed by atoms with Crippen molar-refractivity contribution in [2.45, 2.75) is 58.9 Å². The van der Waals surface area contributed by atoms with Gasteiger partial charge in [-0.2, -0.15) is 0 Å². The second kappa shape index (κ2) is 5.64. The molecule has 1 saturated carbocycles. The third-order valence-electron chi connectivity index (χ3n) is 3.63. The van der Waals surface area contributed by atoms with E-state index in [1.165, 1.54) is 38.6 Å². The van der Waals surface area contributed by atoms with Crippen LogP contribution in [0.25, 0.3) is 0 Å². The topological polar surface area (TPSA) is 12.0 Å². The van der Waals surface area contributed by atoms with Crippen LogP contribution in [0.3, 0.4) is 0 Å². The minimum Gasteiger partial charge on any atom is -0.314 e. The Morgan fingerprint density at radius 1 is 1.31 bits per heavy atom. The average molecular weight is 183 g/mol. The highest BCUT2D eigenvalue weighted by Gasteiger charge is 2.20. The van der Waals surface area contributed by atoms with Gasteiger partial charge in [0.15, 0.2) is 0 Å². The van der Waals surface area contributed by atoms with E-state index >= 15 is 0 Å². The molecule has 0 aromatic carbocycles. The van der Waals surface area contributed by atoms with Crippen LogP contribution < -0.4 is 5.32 Å². The third-order valence-corrected chi connectivity index (χ3v) is 3.63. The summed E-state index contributed by atoms with van der Waals surface area (Å²) in [6, 6.07) is 0.703. The minimum atomic E-state index is 0.703. The van der Waals surface area contributed by atoms with Crippen LogP contribution in [0, 0.1) is 11.8 Å². The number of nitrogens with one attached hydrogen (secondary N) is 1. The van der Waals surface area contributed by atoms with Crippen LogP contribution in [0.15, 0.2) is 0 Å². The van der Waals surface area contributed by atoms with Crippen molar-refractivity contribution < 1.29 is 0 Å². The summed E-state index contributed by atoms with van der Waals surface area (Å²) in [5.74, 6) is 1.90. The van der Waals surface area contributed by atoms with Gasteiger partial charge in [0.1, 0.15) is 0 Å². The highest BCUT2D eigenvalue weighted by Crippen LogP contribution is 2.28. The van der Waals surface area contributed by atoms with E-state index in [-0.39, 0.29) is 0 Å². The van der Waals surface area contributed by atoms with Gasteiger partial charge in [0.05, 0.1) is 0 Å². The van der Waals surface area contributed by atoms with Crippen molar-refractivity contribution in [3.05, 3.63) is 0 Å². The van der Waals surface area contributed by atoms with Gasteiger partial charge in [-0.15, -0.1) is 0 Å². The Labute approximate surface area is 83.3 Å². The Kier molecular flexibility index (Phi) is 4.79. The molecule has 0 heterocycles. The lowest BCUT2D eigenvalue weighted by molar-refractivity contribution is 0.241. The summed E-state index contributed by atoms with van der Waals surface area (Å²) in [7, 11) is 0. The molecule has 3 atom stereocenters. The van der Waals surface area contributed by atoms with Crippen molar-refractivity contribution in [3.63, 3.8) is 0 Å². The number of hydrogen-bond donors (Lipinski definition) is 1. The zero-order valence-corrected chi connectivity index (χ0v) is 9.47. The lowest BCUT2D eigenvalue weighted by Crippen LogP contribution is -2.34. The maximum absolute atomic E-state index is 3.63. The maximum Gasteiger partial charge on any atom is 0.00362 e. The molecule has 0 aliphatic heterocycles. The molecule has 13 heavy (non-hydrogen) atoms. The molecule has 78 valence electrons. The fourth-order valence-electron chi connectivity index (χ4n) is 2.19. The molecule has 0 spiro atoms. The fraction of sp³-hybridized carbons (Fsp3) is 1.00. The van der Waals surface area contributed by atoms with Crippen molar-refractivity contribution in [1.29, 1.82) is 0 Å². The first kappa shape index (κ1) is 11.0. The minimum absolute atomic E-state index is 0.703. The van der Waals surface area contributed by atoms with E-state index in [4.69, 9.17) is 0 Å². The Bertz CT molecular complexity index is 133. The van der Waals surface area contributed by atoms with E-state index in [2.05, 4.69) is 26.1 Å². The summed E-state index contributed by atoms with van der Waals surface area (Å²) in [6.07, 6.45) is 7.07. The largest absolute Gasteiger partial charge is 0.314 e. The van der Waals surface area contributed by atoms with Gasteiger partial charge in [-0.25, -0.2) is 0 Å². The molecule has 1 fully saturated rings. The predicted molar refractivity (Wildman–Crippen MR) is 58.9 cm³/mol. The molecule has 0 bridgehead atoms. The van der Waals surface area contributed by atoms with Crippen LogP contribution in [0.1, 0.15) is 52.9 Å². The van der Waals surface area contributed by atoms with Crippen molar-refractivity contribution in [3.8, 4) is 0 Å². The van der Waals surface area contributed by atoms with Crippen LogP contribution in [0.2, 0.25) is 0 Å². The van der Waals surface area contributed by atoms with E-state index in [0.717, 1.165) is 11.8 Å². The molecule has 0 amide bonds. The Morgan fingerprint density at radius 3 is 2.62 bits per heavy atom. The van der Waals surface area contributed by atoms with Gasteiger partial charge in [0, 0.05) is 6.04 Å². The average Bonchev–Trinajstić information content (AvgIpc) is 2.16. The van der Waals surface area contributed by atoms with E-state index < -0.39 is 0 Å². The van der Waals surface area contributed by atoms with E-state index in [1.54, 1.807) is 0 Å². The van der Waals surface area contributed by atoms with E-state index in [0.29, 0.717) is 6.04 Å². The highest BCUT2D eigenvalue weighted by molar-refractivity contribution is 4.75. The third kappa shape index (κ3) is 3.68. The second-order valence-corrected chi connectivity index (χ2v) is 4.74. The Morgan fingerprint density at radius 2 is 2.00 bits per heavy atom. The monoisotopic (exact) mass is 183 g/mol. The van der Waals surface area contributed by atoms with Crippen LogP contribution in [-0.4, -0.2) is 12.6 Å². The quantitative estimate of drug-likeness (QED) is 0.706. The predicted octanol–water partition coefficient (Wildman–Crippen LogP) is 3.20. The summed E-state index contributed by atoms with van der Waals surface area (Å²) in [5.41, 5.74) is 0. The normalized spacial score (nSPS) is 31.6. The first-order valence-corrected chi connectivity index (χ1v) is 5.97. The molecule has 1 aliphatic carbocycles. The summed E-state index contributed by atoms with van der Waals surface area (Å²) >= 11 is 0. The summed E-state index contributed by atoms with van der Waals surface area (Å²) in [6.45, 7) is 8.20. The molecule has 1 rings (SSSR count). The first-order chi connectivity index (χ1) is 6.24. The van der Waals surface area contributed by atoms with E-state index in [9.17, 15) is 0 Å². The van der Waals surface area contributed by atoms with Crippen molar-refractivity contribution in [2.24, 2.45) is 11.8 Å². The second-order valence-electron chi connectivity index (χ2n) is 4.74. The van der Waals surface area contributed by atoms with Gasteiger partial charge >= 0.3 is 0 Å². The van der Waals surface area contributed by atoms with Crippen molar-refractivity contribution in [2.75, 3.05) is 6.54 Å². The molecule has 0 radical (unpaired) electrons. The maximum atomic E-state index is 3.63. The lowest BCUT2D eigenvalue weighted by atomic mass is 9.80. The van der Waals surface area contributed by atoms with E-state index in [1.807, 2.05) is 0 Å². The molecule has 1 N–H and O–H groups in total. The van der Waals surface area contributed by atoms with Gasteiger partial charge < -0.3 is 5.32 Å². The number of hydrogen-bond acceptors (Lipinski definition) is 1. The SMILES string of the molecule is CCC(C)NCC1CCCCC1C. The van der Waals surface area contributed by atoms with Crippen molar-refractivity contribution in [1.82, 2.24) is 5.32 Å². The summed E-state index contributed by atoms with van der Waals surface area (Å²) < 4.78 is 0. The molecule has 1 heteroatoms. The van der Waals surface area contributed by atoms with Gasteiger partial charge in [-0.05, 0) is 38.1 Å². The molecule has 1 aliphatic rings. The van der Waals surface area contributed by atoms with Crippen LogP contribution in [0.4, 0.5) is 0 Å². The zero-order valence-electron chi connectivity index (χ0n) is 9.47. The van der Waals surface area contributed by atoms with Crippen LogP contribution in [0.5, 0.6) is 0 Å². The zero-order chi connectivity index (χ0) is 9.68. The molecular formula is C12H25N. The summed E-state index contributed by atoms with van der Waals surface area (Å²) in [5, 5.41) is 3.63. The molecule has 1 nitrogen and oxygen atoms in total. The van der Waals surface area contributed by atoms with Crippen LogP contribution >= 0.6 is 0 Å². The molecule has 0 aromatic heterocycles. The first-order valence-electron chi connectivity index (χ1n) is 5.97. The Balaban J connectivity index is 2.18. The molecule has 3 unspecified atom stereocenters. The molecule has 0 saturated heterocycles. The van der Waals surface area contributed by atoms with Gasteiger partial charge in [0.25, 0.3) is 0 Å². The van der Waals surface area contributed by atoms with Gasteiger partial charge in [0.2, 0.25) is 0 Å². The highest BCUT2D eigenvalue weighted by atomic mass is 14.9. The fourth-order valence-corrected chi connectivity index (χ4v) is 2.19. The lowest BCUT2D eigenvalue weighted by Gasteiger charge is -2.29. The van der Waals surface area contributed by atoms with Gasteiger partial charge in [-0.1, -0.05) is 33.1 Å². The number of rotatable bonds is 4. The standard InChI is InChI=1S/C12H25N/c1-4-11(3)13-9-12-8-6-5-7-10(12)2/h10-13H,4-9H2,1-3H3. The van der Waals surface area contributed by atoms with Gasteiger partial charge in [-0.3, -0.25) is 0 Å².